The summed E-state index contributed by atoms with van der Waals surface area (Å²) in [6.45, 7) is 3.31. The van der Waals surface area contributed by atoms with E-state index in [1.54, 1.807) is 7.11 Å². The molecule has 5 nitrogen and oxygen atoms in total. The second kappa shape index (κ2) is 11.2. The Bertz CT molecular complexity index is 604. The van der Waals surface area contributed by atoms with Crippen LogP contribution >= 0.6 is 0 Å². The van der Waals surface area contributed by atoms with Crippen molar-refractivity contribution in [3.05, 3.63) is 71.8 Å². The minimum atomic E-state index is -0.643. The Morgan fingerprint density at radius 2 is 1.44 bits per heavy atom. The topological polar surface area (TPSA) is 48.0 Å². The molecule has 0 amide bonds. The summed E-state index contributed by atoms with van der Waals surface area (Å²) in [7, 11) is 1.68. The predicted molar refractivity (Wildman–Crippen MR) is 96.2 cm³/mol. The van der Waals surface area contributed by atoms with E-state index in [9.17, 15) is 4.79 Å². The first kappa shape index (κ1) is 19.0. The third-order valence-corrected chi connectivity index (χ3v) is 3.69. The molecule has 0 aliphatic heterocycles. The van der Waals surface area contributed by atoms with Crippen LogP contribution in [0.4, 0.5) is 4.79 Å². The van der Waals surface area contributed by atoms with Crippen molar-refractivity contribution in [1.82, 2.24) is 4.90 Å². The molecule has 25 heavy (non-hydrogen) atoms. The molecule has 0 unspecified atom stereocenters. The second-order valence-corrected chi connectivity index (χ2v) is 5.63. The van der Waals surface area contributed by atoms with E-state index in [0.717, 1.165) is 18.7 Å². The molecule has 2 aromatic carbocycles. The molecule has 0 spiro atoms. The highest BCUT2D eigenvalue weighted by atomic mass is 16.7. The van der Waals surface area contributed by atoms with Gasteiger partial charge < -0.3 is 14.2 Å². The number of nitrogens with zero attached hydrogens (tertiary/aromatic N) is 1. The van der Waals surface area contributed by atoms with Gasteiger partial charge in [0.05, 0.1) is 6.61 Å². The van der Waals surface area contributed by atoms with Crippen molar-refractivity contribution in [2.24, 2.45) is 0 Å². The Morgan fingerprint density at radius 3 is 2.08 bits per heavy atom. The zero-order valence-corrected chi connectivity index (χ0v) is 14.6. The summed E-state index contributed by atoms with van der Waals surface area (Å²) >= 11 is 0. The van der Waals surface area contributed by atoms with Crippen LogP contribution in [0.25, 0.3) is 0 Å². The summed E-state index contributed by atoms with van der Waals surface area (Å²) in [6, 6.07) is 19.7. The minimum absolute atomic E-state index is 0.219. The molecule has 2 rings (SSSR count). The lowest BCUT2D eigenvalue weighted by Crippen LogP contribution is -2.31. The summed E-state index contributed by atoms with van der Waals surface area (Å²) in [5.74, 6) is 0. The van der Waals surface area contributed by atoms with Crippen LogP contribution in [0.2, 0.25) is 0 Å². The van der Waals surface area contributed by atoms with E-state index in [1.807, 2.05) is 48.5 Å². The van der Waals surface area contributed by atoms with E-state index in [4.69, 9.17) is 14.2 Å². The molecular formula is C20H25NO4. The van der Waals surface area contributed by atoms with Crippen LogP contribution < -0.4 is 0 Å². The first-order valence-corrected chi connectivity index (χ1v) is 8.36. The van der Waals surface area contributed by atoms with Crippen molar-refractivity contribution < 1.29 is 19.0 Å². The van der Waals surface area contributed by atoms with Gasteiger partial charge in [-0.25, -0.2) is 4.79 Å². The second-order valence-electron chi connectivity index (χ2n) is 5.63. The minimum Gasteiger partial charge on any atom is -0.433 e. The molecule has 0 bridgehead atoms. The van der Waals surface area contributed by atoms with Crippen LogP contribution in [-0.2, 0) is 27.4 Å². The van der Waals surface area contributed by atoms with Crippen molar-refractivity contribution in [2.75, 3.05) is 33.4 Å². The van der Waals surface area contributed by atoms with Gasteiger partial charge in [0.2, 0.25) is 0 Å². The molecule has 0 radical (unpaired) electrons. The van der Waals surface area contributed by atoms with Crippen molar-refractivity contribution in [3.8, 4) is 0 Å². The average Bonchev–Trinajstić information content (AvgIpc) is 2.66. The summed E-state index contributed by atoms with van der Waals surface area (Å²) < 4.78 is 15.4. The fourth-order valence-corrected chi connectivity index (χ4v) is 2.35. The van der Waals surface area contributed by atoms with Crippen LogP contribution in [-0.4, -0.2) is 44.5 Å². The predicted octanol–water partition coefficient (Wildman–Crippen LogP) is 3.49. The van der Waals surface area contributed by atoms with E-state index in [2.05, 4.69) is 17.0 Å². The van der Waals surface area contributed by atoms with E-state index in [1.165, 1.54) is 5.56 Å². The van der Waals surface area contributed by atoms with Gasteiger partial charge in [0, 0.05) is 26.7 Å². The van der Waals surface area contributed by atoms with E-state index >= 15 is 0 Å². The molecule has 5 heteroatoms. The molecule has 0 saturated carbocycles. The zero-order chi connectivity index (χ0) is 17.7. The Kier molecular flexibility index (Phi) is 8.52. The first-order chi connectivity index (χ1) is 12.3. The lowest BCUT2D eigenvalue weighted by atomic mass is 10.2. The van der Waals surface area contributed by atoms with Gasteiger partial charge >= 0.3 is 6.16 Å². The molecule has 0 aromatic heterocycles. The number of ether oxygens (including phenoxy) is 3. The molecule has 0 aliphatic rings. The molecule has 0 N–H and O–H groups in total. The third-order valence-electron chi connectivity index (χ3n) is 3.69. The van der Waals surface area contributed by atoms with Gasteiger partial charge in [-0.2, -0.15) is 0 Å². The lowest BCUT2D eigenvalue weighted by Gasteiger charge is -2.21. The van der Waals surface area contributed by atoms with Crippen LogP contribution in [0.1, 0.15) is 11.1 Å². The summed E-state index contributed by atoms with van der Waals surface area (Å²) in [6.07, 6.45) is -0.643. The monoisotopic (exact) mass is 343 g/mol. The maximum Gasteiger partial charge on any atom is 0.508 e. The molecule has 2 aromatic rings. The third kappa shape index (κ3) is 7.83. The molecule has 0 saturated heterocycles. The van der Waals surface area contributed by atoms with Gasteiger partial charge in [0.25, 0.3) is 0 Å². The molecule has 134 valence electrons. The SMILES string of the molecule is COCCN(CCOC(=O)OCc1ccccc1)Cc1ccccc1. The number of carbonyl (C=O) groups excluding carboxylic acids is 1. The Hall–Kier alpha value is -2.37. The molecule has 0 atom stereocenters. The highest BCUT2D eigenvalue weighted by Gasteiger charge is 2.09. The first-order valence-electron chi connectivity index (χ1n) is 8.36. The standard InChI is InChI=1S/C20H25NO4/c1-23-14-12-21(16-18-8-4-2-5-9-18)13-15-24-20(22)25-17-19-10-6-3-7-11-19/h2-11H,12-17H2,1H3. The van der Waals surface area contributed by atoms with Crippen molar-refractivity contribution in [2.45, 2.75) is 13.2 Å². The zero-order valence-electron chi connectivity index (χ0n) is 14.6. The number of hydrogen-bond acceptors (Lipinski definition) is 5. The molecular weight excluding hydrogens is 318 g/mol. The van der Waals surface area contributed by atoms with Gasteiger partial charge in [-0.3, -0.25) is 4.90 Å². The van der Waals surface area contributed by atoms with Crippen molar-refractivity contribution in [1.29, 1.82) is 0 Å². The fourth-order valence-electron chi connectivity index (χ4n) is 2.35. The highest BCUT2D eigenvalue weighted by Crippen LogP contribution is 2.05. The Morgan fingerprint density at radius 1 is 0.840 bits per heavy atom. The smallest absolute Gasteiger partial charge is 0.433 e. The largest absolute Gasteiger partial charge is 0.508 e. The van der Waals surface area contributed by atoms with Crippen LogP contribution in [0.3, 0.4) is 0 Å². The number of hydrogen-bond donors (Lipinski definition) is 0. The Labute approximate surface area is 149 Å². The highest BCUT2D eigenvalue weighted by molar-refractivity contribution is 5.59. The maximum absolute atomic E-state index is 11.7. The quantitative estimate of drug-likeness (QED) is 0.618. The van der Waals surface area contributed by atoms with Crippen molar-refractivity contribution >= 4 is 6.16 Å². The number of carbonyl (C=O) groups is 1. The van der Waals surface area contributed by atoms with E-state index in [-0.39, 0.29) is 13.2 Å². The number of methoxy groups -OCH3 is 1. The van der Waals surface area contributed by atoms with Gasteiger partial charge in [0.15, 0.2) is 0 Å². The van der Waals surface area contributed by atoms with E-state index < -0.39 is 6.16 Å². The maximum atomic E-state index is 11.7. The fraction of sp³-hybridized carbons (Fsp3) is 0.350. The number of benzene rings is 2. The van der Waals surface area contributed by atoms with Gasteiger partial charge in [-0.1, -0.05) is 60.7 Å². The van der Waals surface area contributed by atoms with Gasteiger partial charge in [0.1, 0.15) is 13.2 Å². The van der Waals surface area contributed by atoms with Crippen LogP contribution in [0.15, 0.2) is 60.7 Å². The van der Waals surface area contributed by atoms with E-state index in [0.29, 0.717) is 13.2 Å². The molecule has 0 fully saturated rings. The van der Waals surface area contributed by atoms with Gasteiger partial charge in [-0.15, -0.1) is 0 Å². The van der Waals surface area contributed by atoms with Crippen LogP contribution in [0.5, 0.6) is 0 Å². The Balaban J connectivity index is 1.70. The van der Waals surface area contributed by atoms with Crippen LogP contribution in [0, 0.1) is 0 Å². The summed E-state index contributed by atoms with van der Waals surface area (Å²) in [5, 5.41) is 0. The van der Waals surface area contributed by atoms with Gasteiger partial charge in [-0.05, 0) is 11.1 Å². The van der Waals surface area contributed by atoms with Crippen molar-refractivity contribution in [3.63, 3.8) is 0 Å². The number of rotatable bonds is 10. The summed E-state index contributed by atoms with van der Waals surface area (Å²) in [4.78, 5) is 13.9. The lowest BCUT2D eigenvalue weighted by molar-refractivity contribution is 0.0399. The molecule has 0 heterocycles. The molecule has 0 aliphatic carbocycles. The summed E-state index contributed by atoms with van der Waals surface area (Å²) in [5.41, 5.74) is 2.15. The average molecular weight is 343 g/mol. The normalized spacial score (nSPS) is 10.6.